The highest BCUT2D eigenvalue weighted by atomic mass is 14.2. The average molecular weight is 395 g/mol. The summed E-state index contributed by atoms with van der Waals surface area (Å²) in [7, 11) is 0. The van der Waals surface area contributed by atoms with Gasteiger partial charge in [-0.3, -0.25) is 0 Å². The van der Waals surface area contributed by atoms with Crippen LogP contribution in [0.2, 0.25) is 0 Å². The lowest BCUT2D eigenvalue weighted by molar-refractivity contribution is 0.321. The zero-order valence-corrected chi connectivity index (χ0v) is 20.7. The minimum atomic E-state index is 1.01. The van der Waals surface area contributed by atoms with Crippen LogP contribution < -0.4 is 0 Å². The molecule has 0 heteroatoms. The van der Waals surface area contributed by atoms with E-state index in [9.17, 15) is 0 Å². The second-order valence-electron chi connectivity index (χ2n) is 9.68. The molecule has 0 saturated carbocycles. The first kappa shape index (κ1) is 28.0. The molecule has 0 spiro atoms. The highest BCUT2D eigenvalue weighted by molar-refractivity contribution is 4.66. The summed E-state index contributed by atoms with van der Waals surface area (Å²) in [5.41, 5.74) is 0. The van der Waals surface area contributed by atoms with E-state index in [1.165, 1.54) is 141 Å². The Labute approximate surface area is 181 Å². The van der Waals surface area contributed by atoms with Gasteiger partial charge in [0.2, 0.25) is 0 Å². The molecule has 0 aromatic rings. The van der Waals surface area contributed by atoms with Crippen molar-refractivity contribution in [2.24, 2.45) is 11.8 Å². The third-order valence-electron chi connectivity index (χ3n) is 6.96. The zero-order valence-electron chi connectivity index (χ0n) is 20.7. The maximum absolute atomic E-state index is 2.42. The van der Waals surface area contributed by atoms with Crippen molar-refractivity contribution in [2.45, 2.75) is 169 Å². The fourth-order valence-electron chi connectivity index (χ4n) is 4.73. The van der Waals surface area contributed by atoms with Crippen LogP contribution in [0.1, 0.15) is 169 Å². The predicted molar refractivity (Wildman–Crippen MR) is 131 cm³/mol. The van der Waals surface area contributed by atoms with E-state index < -0.39 is 0 Å². The monoisotopic (exact) mass is 394 g/mol. The number of hydrogen-bond acceptors (Lipinski definition) is 0. The molecule has 0 bridgehead atoms. The first-order valence-electron chi connectivity index (χ1n) is 13.8. The Morgan fingerprint density at radius 3 is 1.11 bits per heavy atom. The molecule has 0 nitrogen and oxygen atoms in total. The lowest BCUT2D eigenvalue weighted by Crippen LogP contribution is -2.06. The number of rotatable bonds is 23. The van der Waals surface area contributed by atoms with Crippen molar-refractivity contribution in [1.82, 2.24) is 0 Å². The van der Waals surface area contributed by atoms with Gasteiger partial charge in [0.25, 0.3) is 0 Å². The maximum Gasteiger partial charge on any atom is -0.0414 e. The van der Waals surface area contributed by atoms with Gasteiger partial charge in [-0.1, -0.05) is 169 Å². The maximum atomic E-state index is 2.42. The van der Waals surface area contributed by atoms with Gasteiger partial charge in [0.05, 0.1) is 0 Å². The normalized spacial score (nSPS) is 13.7. The largest absolute Gasteiger partial charge is 0.0654 e. The molecule has 0 fully saturated rings. The Hall–Kier alpha value is 0. The Bertz CT molecular complexity index is 269. The summed E-state index contributed by atoms with van der Waals surface area (Å²) in [5.74, 6) is 2.03. The highest BCUT2D eigenvalue weighted by Gasteiger charge is 2.13. The quantitative estimate of drug-likeness (QED) is 0.151. The van der Waals surface area contributed by atoms with Gasteiger partial charge in [-0.15, -0.1) is 0 Å². The molecule has 0 aromatic heterocycles. The molecule has 2 atom stereocenters. The summed E-state index contributed by atoms with van der Waals surface area (Å²) in [5, 5.41) is 0. The van der Waals surface area contributed by atoms with Crippen molar-refractivity contribution in [3.8, 4) is 0 Å². The van der Waals surface area contributed by atoms with Gasteiger partial charge < -0.3 is 0 Å². The van der Waals surface area contributed by atoms with E-state index in [0.717, 1.165) is 11.8 Å². The lowest BCUT2D eigenvalue weighted by Gasteiger charge is -2.21. The molecule has 0 aromatic carbocycles. The van der Waals surface area contributed by atoms with Crippen molar-refractivity contribution in [1.29, 1.82) is 0 Å². The van der Waals surface area contributed by atoms with Crippen LogP contribution >= 0.6 is 0 Å². The Balaban J connectivity index is 4.02. The van der Waals surface area contributed by atoms with Crippen molar-refractivity contribution >= 4 is 0 Å². The van der Waals surface area contributed by atoms with Crippen LogP contribution in [0, 0.1) is 11.8 Å². The van der Waals surface area contributed by atoms with E-state index in [1.54, 1.807) is 0 Å². The molecule has 0 rings (SSSR count). The first-order valence-corrected chi connectivity index (χ1v) is 13.8. The van der Waals surface area contributed by atoms with Gasteiger partial charge in [0, 0.05) is 0 Å². The van der Waals surface area contributed by atoms with Crippen molar-refractivity contribution in [2.75, 3.05) is 0 Å². The first-order chi connectivity index (χ1) is 13.8. The summed E-state index contributed by atoms with van der Waals surface area (Å²) in [6.07, 6.45) is 32.2. The molecule has 0 heterocycles. The van der Waals surface area contributed by atoms with E-state index in [-0.39, 0.29) is 0 Å². The van der Waals surface area contributed by atoms with Crippen molar-refractivity contribution in [3.05, 3.63) is 0 Å². The highest BCUT2D eigenvalue weighted by Crippen LogP contribution is 2.28. The molecular weight excluding hydrogens is 336 g/mol. The predicted octanol–water partition coefficient (Wildman–Crippen LogP) is 10.9. The zero-order chi connectivity index (χ0) is 20.7. The molecule has 0 radical (unpaired) electrons. The van der Waals surface area contributed by atoms with Crippen LogP contribution in [0.4, 0.5) is 0 Å². The summed E-state index contributed by atoms with van der Waals surface area (Å²) in [6.45, 7) is 9.40. The molecule has 0 aliphatic rings. The second-order valence-corrected chi connectivity index (χ2v) is 9.68. The van der Waals surface area contributed by atoms with Crippen molar-refractivity contribution < 1.29 is 0 Å². The standard InChI is InChI=1S/C28H58/c1-5-9-12-14-16-17-19-21-24-28(23-20-18-15-13-10-6-2)26-25-27(8-4)22-11-7-3/h27-28H,5-26H2,1-4H3. The third kappa shape index (κ3) is 19.3. The Morgan fingerprint density at radius 2 is 0.679 bits per heavy atom. The van der Waals surface area contributed by atoms with Crippen LogP contribution in [0.15, 0.2) is 0 Å². The lowest BCUT2D eigenvalue weighted by atomic mass is 9.85. The third-order valence-corrected chi connectivity index (χ3v) is 6.96. The topological polar surface area (TPSA) is 0 Å². The molecule has 2 unspecified atom stereocenters. The van der Waals surface area contributed by atoms with E-state index in [4.69, 9.17) is 0 Å². The van der Waals surface area contributed by atoms with Crippen LogP contribution in [-0.2, 0) is 0 Å². The van der Waals surface area contributed by atoms with Gasteiger partial charge in [-0.2, -0.15) is 0 Å². The summed E-state index contributed by atoms with van der Waals surface area (Å²) >= 11 is 0. The Kier molecular flexibility index (Phi) is 23.3. The van der Waals surface area contributed by atoms with Crippen LogP contribution in [0.3, 0.4) is 0 Å². The summed E-state index contributed by atoms with van der Waals surface area (Å²) in [6, 6.07) is 0. The van der Waals surface area contributed by atoms with E-state index >= 15 is 0 Å². The number of hydrogen-bond donors (Lipinski definition) is 0. The molecule has 170 valence electrons. The summed E-state index contributed by atoms with van der Waals surface area (Å²) in [4.78, 5) is 0. The molecule has 28 heavy (non-hydrogen) atoms. The van der Waals surface area contributed by atoms with Crippen LogP contribution in [0.5, 0.6) is 0 Å². The van der Waals surface area contributed by atoms with E-state index in [1.807, 2.05) is 0 Å². The molecule has 0 aliphatic heterocycles. The average Bonchev–Trinajstić information content (AvgIpc) is 2.71. The number of unbranched alkanes of at least 4 members (excludes halogenated alkanes) is 13. The smallest absolute Gasteiger partial charge is 0.0414 e. The fraction of sp³-hybridized carbons (Fsp3) is 1.00. The van der Waals surface area contributed by atoms with E-state index in [2.05, 4.69) is 27.7 Å². The molecule has 0 saturated heterocycles. The fourth-order valence-corrected chi connectivity index (χ4v) is 4.73. The van der Waals surface area contributed by atoms with Crippen molar-refractivity contribution in [3.63, 3.8) is 0 Å². The molecule has 0 amide bonds. The Morgan fingerprint density at radius 1 is 0.321 bits per heavy atom. The second kappa shape index (κ2) is 23.3. The SMILES string of the molecule is CCCCCCCCCCC(CCCCCCCC)CCC(CC)CCCC. The van der Waals surface area contributed by atoms with E-state index in [0.29, 0.717) is 0 Å². The van der Waals surface area contributed by atoms with Gasteiger partial charge >= 0.3 is 0 Å². The van der Waals surface area contributed by atoms with Gasteiger partial charge in [-0.05, 0) is 11.8 Å². The van der Waals surface area contributed by atoms with Crippen LogP contribution in [-0.4, -0.2) is 0 Å². The molecule has 0 N–H and O–H groups in total. The molecular formula is C28H58. The molecule has 0 aliphatic carbocycles. The van der Waals surface area contributed by atoms with Gasteiger partial charge in [0.1, 0.15) is 0 Å². The summed E-state index contributed by atoms with van der Waals surface area (Å²) < 4.78 is 0. The van der Waals surface area contributed by atoms with Gasteiger partial charge in [0.15, 0.2) is 0 Å². The minimum absolute atomic E-state index is 1.01. The van der Waals surface area contributed by atoms with Gasteiger partial charge in [-0.25, -0.2) is 0 Å². The minimum Gasteiger partial charge on any atom is -0.0654 e. The van der Waals surface area contributed by atoms with Crippen LogP contribution in [0.25, 0.3) is 0 Å².